The maximum Gasteiger partial charge on any atom is 0.331 e. The Morgan fingerprint density at radius 1 is 1.45 bits per heavy atom. The van der Waals surface area contributed by atoms with Crippen molar-refractivity contribution in [2.75, 3.05) is 20.8 Å². The van der Waals surface area contributed by atoms with E-state index < -0.39 is 17.1 Å². The maximum atomic E-state index is 10.8. The van der Waals surface area contributed by atoms with Crippen LogP contribution in [0.15, 0.2) is 0 Å². The molecule has 0 spiro atoms. The summed E-state index contributed by atoms with van der Waals surface area (Å²) in [5.74, 6) is -1.25. The van der Waals surface area contributed by atoms with Crippen molar-refractivity contribution in [3.8, 4) is 0 Å². The molecular formula is C6H9ClO4. The smallest absolute Gasteiger partial charge is 0.331 e. The van der Waals surface area contributed by atoms with Crippen LogP contribution in [0.4, 0.5) is 0 Å². The number of methoxy groups -OCH3 is 2. The highest BCUT2D eigenvalue weighted by Gasteiger charge is 2.23. The Morgan fingerprint density at radius 3 is 2.36 bits per heavy atom. The van der Waals surface area contributed by atoms with Crippen LogP contribution >= 0.6 is 11.6 Å². The summed E-state index contributed by atoms with van der Waals surface area (Å²) >= 11 is 5.36. The Hall–Kier alpha value is -0.610. The second-order valence-corrected chi connectivity index (χ2v) is 2.22. The molecule has 1 atom stereocenters. The molecule has 0 rings (SSSR count). The van der Waals surface area contributed by atoms with Gasteiger partial charge in [0, 0.05) is 7.11 Å². The van der Waals surface area contributed by atoms with Crippen LogP contribution in [-0.4, -0.2) is 38.0 Å². The number of rotatable bonds is 4. The lowest BCUT2D eigenvalue weighted by Gasteiger charge is -2.04. The Morgan fingerprint density at radius 2 is 2.00 bits per heavy atom. The summed E-state index contributed by atoms with van der Waals surface area (Å²) in [6, 6.07) is 0. The fraction of sp³-hybridized carbons (Fsp3) is 0.667. The molecule has 0 bridgehead atoms. The van der Waals surface area contributed by atoms with Gasteiger partial charge in [0.05, 0.1) is 7.11 Å². The highest BCUT2D eigenvalue weighted by molar-refractivity contribution is 6.41. The molecule has 0 saturated carbocycles. The molecule has 0 aliphatic carbocycles. The third-order valence-electron chi connectivity index (χ3n) is 0.977. The number of carbonyl (C=O) groups is 2. The minimum atomic E-state index is -1.25. The number of ketones is 1. The minimum Gasteiger partial charge on any atom is -0.468 e. The van der Waals surface area contributed by atoms with Gasteiger partial charge in [0.25, 0.3) is 0 Å². The van der Waals surface area contributed by atoms with Gasteiger partial charge in [-0.1, -0.05) is 0 Å². The first-order valence-electron chi connectivity index (χ1n) is 2.87. The van der Waals surface area contributed by atoms with Crippen LogP contribution in [-0.2, 0) is 19.1 Å². The standard InChI is InChI=1S/C6H9ClO4/c1-10-3-4(8)5(7)6(9)11-2/h5H,3H2,1-2H3/t5-/m0/s1. The summed E-state index contributed by atoms with van der Waals surface area (Å²) < 4.78 is 8.71. The molecule has 0 fully saturated rings. The third kappa shape index (κ3) is 3.34. The number of esters is 1. The van der Waals surface area contributed by atoms with Crippen LogP contribution in [0.25, 0.3) is 0 Å². The summed E-state index contributed by atoms with van der Waals surface area (Å²) in [7, 11) is 2.51. The fourth-order valence-electron chi connectivity index (χ4n) is 0.450. The first-order valence-corrected chi connectivity index (χ1v) is 3.30. The zero-order chi connectivity index (χ0) is 8.85. The molecular weight excluding hydrogens is 172 g/mol. The summed E-state index contributed by atoms with van der Waals surface area (Å²) in [6.07, 6.45) is 0. The molecule has 0 aromatic heterocycles. The lowest BCUT2D eigenvalue weighted by Crippen LogP contribution is -2.28. The number of hydrogen-bond donors (Lipinski definition) is 0. The van der Waals surface area contributed by atoms with Crippen LogP contribution in [0, 0.1) is 0 Å². The van der Waals surface area contributed by atoms with Crippen LogP contribution < -0.4 is 0 Å². The van der Waals surface area contributed by atoms with Gasteiger partial charge in [-0.25, -0.2) is 4.79 Å². The predicted octanol–water partition coefficient (Wildman–Crippen LogP) is -0.0177. The minimum absolute atomic E-state index is 0.177. The van der Waals surface area contributed by atoms with E-state index in [9.17, 15) is 9.59 Å². The molecule has 4 nitrogen and oxygen atoms in total. The zero-order valence-corrected chi connectivity index (χ0v) is 7.05. The van der Waals surface area contributed by atoms with Crippen molar-refractivity contribution in [3.05, 3.63) is 0 Å². The van der Waals surface area contributed by atoms with Gasteiger partial charge in [-0.3, -0.25) is 4.79 Å². The molecule has 0 aliphatic heterocycles. The summed E-state index contributed by atoms with van der Waals surface area (Å²) in [6.45, 7) is -0.177. The number of carbonyl (C=O) groups excluding carboxylic acids is 2. The summed E-state index contributed by atoms with van der Waals surface area (Å²) in [5.41, 5.74) is 0. The van der Waals surface area contributed by atoms with Crippen molar-refractivity contribution in [1.29, 1.82) is 0 Å². The van der Waals surface area contributed by atoms with Crippen LogP contribution in [0.2, 0.25) is 0 Å². The predicted molar refractivity (Wildman–Crippen MR) is 38.5 cm³/mol. The van der Waals surface area contributed by atoms with Crippen molar-refractivity contribution < 1.29 is 19.1 Å². The number of hydrogen-bond acceptors (Lipinski definition) is 4. The number of Topliss-reactive ketones (excluding diaryl/α,β-unsaturated/α-hetero) is 1. The Labute approximate surface area is 69.4 Å². The molecule has 11 heavy (non-hydrogen) atoms. The van der Waals surface area contributed by atoms with Gasteiger partial charge in [0.15, 0.2) is 11.2 Å². The van der Waals surface area contributed by atoms with E-state index in [0.717, 1.165) is 7.11 Å². The van der Waals surface area contributed by atoms with E-state index in [1.807, 2.05) is 0 Å². The third-order valence-corrected chi connectivity index (χ3v) is 1.40. The largest absolute Gasteiger partial charge is 0.468 e. The highest BCUT2D eigenvalue weighted by Crippen LogP contribution is 1.99. The monoisotopic (exact) mass is 180 g/mol. The van der Waals surface area contributed by atoms with E-state index in [2.05, 4.69) is 9.47 Å². The lowest BCUT2D eigenvalue weighted by atomic mass is 10.3. The van der Waals surface area contributed by atoms with Gasteiger partial charge in [-0.15, -0.1) is 11.6 Å². The van der Waals surface area contributed by atoms with Gasteiger partial charge < -0.3 is 9.47 Å². The average molecular weight is 181 g/mol. The molecule has 0 aliphatic rings. The normalized spacial score (nSPS) is 12.3. The van der Waals surface area contributed by atoms with Gasteiger partial charge in [0.1, 0.15) is 6.61 Å². The molecule has 0 radical (unpaired) electrons. The summed E-state index contributed by atoms with van der Waals surface area (Å²) in [4.78, 5) is 21.4. The second kappa shape index (κ2) is 5.09. The molecule has 64 valence electrons. The quantitative estimate of drug-likeness (QED) is 0.347. The zero-order valence-electron chi connectivity index (χ0n) is 6.30. The lowest BCUT2D eigenvalue weighted by molar-refractivity contribution is -0.143. The topological polar surface area (TPSA) is 52.6 Å². The van der Waals surface area contributed by atoms with E-state index in [1.54, 1.807) is 0 Å². The second-order valence-electron chi connectivity index (χ2n) is 1.79. The Balaban J connectivity index is 3.91. The molecule has 0 saturated heterocycles. The molecule has 0 aromatic carbocycles. The Kier molecular flexibility index (Phi) is 4.81. The molecule has 0 amide bonds. The van der Waals surface area contributed by atoms with Gasteiger partial charge in [-0.05, 0) is 0 Å². The summed E-state index contributed by atoms with van der Waals surface area (Å²) in [5, 5.41) is -1.25. The average Bonchev–Trinajstić information content (AvgIpc) is 2.02. The SMILES string of the molecule is COCC(=O)[C@H](Cl)C(=O)OC. The van der Waals surface area contributed by atoms with Gasteiger partial charge in [0.2, 0.25) is 0 Å². The fourth-order valence-corrected chi connectivity index (χ4v) is 0.602. The van der Waals surface area contributed by atoms with Crippen molar-refractivity contribution in [1.82, 2.24) is 0 Å². The maximum absolute atomic E-state index is 10.8. The van der Waals surface area contributed by atoms with Gasteiger partial charge in [-0.2, -0.15) is 0 Å². The van der Waals surface area contributed by atoms with Crippen molar-refractivity contribution >= 4 is 23.4 Å². The van der Waals surface area contributed by atoms with E-state index in [1.165, 1.54) is 7.11 Å². The van der Waals surface area contributed by atoms with E-state index in [-0.39, 0.29) is 6.61 Å². The number of halogens is 1. The Bertz CT molecular complexity index is 157. The van der Waals surface area contributed by atoms with Crippen LogP contribution in [0.5, 0.6) is 0 Å². The van der Waals surface area contributed by atoms with E-state index in [0.29, 0.717) is 0 Å². The first-order chi connectivity index (χ1) is 5.13. The van der Waals surface area contributed by atoms with E-state index in [4.69, 9.17) is 11.6 Å². The van der Waals surface area contributed by atoms with Gasteiger partial charge >= 0.3 is 5.97 Å². The molecule has 0 heterocycles. The molecule has 0 aromatic rings. The number of alkyl halides is 1. The van der Waals surface area contributed by atoms with Crippen LogP contribution in [0.1, 0.15) is 0 Å². The first kappa shape index (κ1) is 10.4. The van der Waals surface area contributed by atoms with Crippen molar-refractivity contribution in [2.24, 2.45) is 0 Å². The molecule has 0 unspecified atom stereocenters. The molecule has 5 heteroatoms. The van der Waals surface area contributed by atoms with Crippen molar-refractivity contribution in [3.63, 3.8) is 0 Å². The van der Waals surface area contributed by atoms with E-state index >= 15 is 0 Å². The van der Waals surface area contributed by atoms with Crippen molar-refractivity contribution in [2.45, 2.75) is 5.38 Å². The molecule has 0 N–H and O–H groups in total. The number of ether oxygens (including phenoxy) is 2. The highest BCUT2D eigenvalue weighted by atomic mass is 35.5. The van der Waals surface area contributed by atoms with Crippen LogP contribution in [0.3, 0.4) is 0 Å².